The van der Waals surface area contributed by atoms with Gasteiger partial charge < -0.3 is 15.4 Å². The van der Waals surface area contributed by atoms with E-state index in [-0.39, 0.29) is 29.5 Å². The lowest BCUT2D eigenvalue weighted by atomic mass is 9.96. The number of nitrogens with zero attached hydrogens (tertiary/aromatic N) is 6. The van der Waals surface area contributed by atoms with Crippen molar-refractivity contribution in [3.63, 3.8) is 0 Å². The third-order valence-corrected chi connectivity index (χ3v) is 13.1. The molecule has 0 bridgehead atoms. The van der Waals surface area contributed by atoms with Gasteiger partial charge in [-0.25, -0.2) is 8.42 Å². The number of benzene rings is 3. The molecule has 0 unspecified atom stereocenters. The number of carbonyl (C=O) groups is 2. The second-order valence-corrected chi connectivity index (χ2v) is 17.3. The number of sulfonamides is 1. The van der Waals surface area contributed by atoms with Gasteiger partial charge in [0.25, 0.3) is 15.9 Å². The summed E-state index contributed by atoms with van der Waals surface area (Å²) in [6, 6.07) is 20.6. The van der Waals surface area contributed by atoms with E-state index in [1.807, 2.05) is 56.5 Å². The normalized spacial score (nSPS) is 13.6. The molecule has 1 amide bonds. The molecular weight excluding hydrogens is 787 g/mol. The number of carboxylic acids is 1. The Morgan fingerprint density at radius 2 is 1.69 bits per heavy atom. The van der Waals surface area contributed by atoms with Crippen molar-refractivity contribution in [1.82, 2.24) is 30.0 Å². The number of aromatic nitrogens is 5. The third-order valence-electron chi connectivity index (χ3n) is 10.5. The lowest BCUT2D eigenvalue weighted by molar-refractivity contribution is -0.137. The number of aromatic amines is 1. The quantitative estimate of drug-likeness (QED) is 0.108. The minimum absolute atomic E-state index is 0.0423. The SMILES string of the molecule is Cc1cc(C(=O)NCc2ccc(S(=O)(=O)Nc3ccc(C)c4c(C#N)c[nH]c34)cc2)ncc1-c1ccc(C2=N[C@@H](CC(=O)O)c3nnc(C)n3-c3sc(C)c(C)c32)cc1. The van der Waals surface area contributed by atoms with Gasteiger partial charge in [0.05, 0.1) is 33.8 Å². The fourth-order valence-corrected chi connectivity index (χ4v) is 9.62. The Hall–Kier alpha value is -6.96. The number of aliphatic carboxylic acids is 1. The number of aliphatic imine (C=N–C) groups is 1. The first-order chi connectivity index (χ1) is 28.2. The van der Waals surface area contributed by atoms with Crippen molar-refractivity contribution in [1.29, 1.82) is 5.26 Å². The van der Waals surface area contributed by atoms with Gasteiger partial charge in [-0.1, -0.05) is 42.5 Å². The lowest BCUT2D eigenvalue weighted by Crippen LogP contribution is -2.24. The number of anilines is 1. The van der Waals surface area contributed by atoms with Crippen molar-refractivity contribution < 1.29 is 23.1 Å². The van der Waals surface area contributed by atoms with Crippen LogP contribution in [0.1, 0.15) is 78.4 Å². The van der Waals surface area contributed by atoms with Crippen molar-refractivity contribution in [3.05, 3.63) is 140 Å². The van der Waals surface area contributed by atoms with E-state index in [4.69, 9.17) is 4.99 Å². The topological polar surface area (TPSA) is 208 Å². The van der Waals surface area contributed by atoms with Crippen LogP contribution >= 0.6 is 11.3 Å². The number of pyridine rings is 1. The molecule has 1 atom stereocenters. The summed E-state index contributed by atoms with van der Waals surface area (Å²) in [6.45, 7) is 9.85. The van der Waals surface area contributed by atoms with Crippen LogP contribution in [0.2, 0.25) is 0 Å². The van der Waals surface area contributed by atoms with Gasteiger partial charge >= 0.3 is 5.97 Å². The molecule has 0 radical (unpaired) electrons. The number of carbonyl (C=O) groups excluding carboxylic acids is 1. The first-order valence-electron chi connectivity index (χ1n) is 18.5. The van der Waals surface area contributed by atoms with E-state index in [0.717, 1.165) is 48.8 Å². The van der Waals surface area contributed by atoms with Crippen molar-refractivity contribution >= 4 is 55.5 Å². The highest BCUT2D eigenvalue weighted by molar-refractivity contribution is 7.92. The van der Waals surface area contributed by atoms with Crippen LogP contribution in [0.4, 0.5) is 5.69 Å². The number of nitriles is 1. The molecule has 0 aliphatic carbocycles. The molecule has 0 saturated heterocycles. The van der Waals surface area contributed by atoms with Crippen LogP contribution in [0.15, 0.2) is 89.0 Å². The zero-order valence-corrected chi connectivity index (χ0v) is 34.2. The van der Waals surface area contributed by atoms with Gasteiger partial charge in [-0.15, -0.1) is 21.5 Å². The molecule has 8 rings (SSSR count). The number of amides is 1. The maximum atomic E-state index is 13.3. The van der Waals surface area contributed by atoms with Crippen LogP contribution < -0.4 is 10.0 Å². The molecule has 4 N–H and O–H groups in total. The minimum atomic E-state index is -3.96. The molecule has 4 aromatic heterocycles. The predicted octanol–water partition coefficient (Wildman–Crippen LogP) is 7.38. The first kappa shape index (κ1) is 38.9. The molecule has 14 nitrogen and oxygen atoms in total. The molecule has 0 saturated carbocycles. The zero-order chi connectivity index (χ0) is 41.7. The number of hydrogen-bond donors (Lipinski definition) is 4. The van der Waals surface area contributed by atoms with Crippen molar-refractivity contribution in [2.75, 3.05) is 4.72 Å². The predicted molar refractivity (Wildman–Crippen MR) is 225 cm³/mol. The summed E-state index contributed by atoms with van der Waals surface area (Å²) in [5.74, 6) is -0.206. The molecule has 59 heavy (non-hydrogen) atoms. The summed E-state index contributed by atoms with van der Waals surface area (Å²) in [4.78, 5) is 38.8. The fourth-order valence-electron chi connectivity index (χ4n) is 7.34. The molecule has 16 heteroatoms. The van der Waals surface area contributed by atoms with E-state index in [1.165, 1.54) is 12.1 Å². The number of thiophene rings is 1. The molecule has 1 aliphatic heterocycles. The van der Waals surface area contributed by atoms with E-state index >= 15 is 0 Å². The van der Waals surface area contributed by atoms with Crippen LogP contribution in [-0.4, -0.2) is 55.8 Å². The van der Waals surface area contributed by atoms with Crippen molar-refractivity contribution in [3.8, 4) is 22.2 Å². The average molecular weight is 824 g/mol. The Bertz CT molecular complexity index is 3030. The largest absolute Gasteiger partial charge is 0.481 e. The van der Waals surface area contributed by atoms with Crippen LogP contribution in [0, 0.1) is 45.9 Å². The highest BCUT2D eigenvalue weighted by Gasteiger charge is 2.32. The Morgan fingerprint density at radius 3 is 2.39 bits per heavy atom. The Balaban J connectivity index is 0.961. The fraction of sp³-hybridized carbons (Fsp3) is 0.186. The van der Waals surface area contributed by atoms with Gasteiger partial charge in [0.15, 0.2) is 5.82 Å². The summed E-state index contributed by atoms with van der Waals surface area (Å²) in [5.41, 5.74) is 9.11. The van der Waals surface area contributed by atoms with Crippen LogP contribution in [0.25, 0.3) is 27.0 Å². The first-order valence-corrected chi connectivity index (χ1v) is 20.8. The van der Waals surface area contributed by atoms with Crippen LogP contribution in [0.3, 0.4) is 0 Å². The van der Waals surface area contributed by atoms with Crippen LogP contribution in [0.5, 0.6) is 0 Å². The number of aryl methyl sites for hydroxylation is 4. The highest BCUT2D eigenvalue weighted by atomic mass is 32.2. The lowest BCUT2D eigenvalue weighted by Gasteiger charge is -2.13. The second kappa shape index (κ2) is 15.1. The third kappa shape index (κ3) is 7.15. The molecule has 3 aromatic carbocycles. The van der Waals surface area contributed by atoms with E-state index in [1.54, 1.807) is 54.1 Å². The summed E-state index contributed by atoms with van der Waals surface area (Å²) >= 11 is 1.60. The van der Waals surface area contributed by atoms with Crippen molar-refractivity contribution in [2.45, 2.75) is 58.5 Å². The molecular formula is C43H37N9O5S2. The summed E-state index contributed by atoms with van der Waals surface area (Å²) in [7, 11) is -3.96. The van der Waals surface area contributed by atoms with Gasteiger partial charge in [0.2, 0.25) is 0 Å². The number of hydrogen-bond acceptors (Lipinski definition) is 10. The van der Waals surface area contributed by atoms with E-state index in [2.05, 4.69) is 43.2 Å². The van der Waals surface area contributed by atoms with E-state index in [0.29, 0.717) is 45.1 Å². The van der Waals surface area contributed by atoms with Gasteiger partial charge in [-0.2, -0.15) is 5.26 Å². The maximum Gasteiger partial charge on any atom is 0.306 e. The molecule has 7 aromatic rings. The molecule has 296 valence electrons. The van der Waals surface area contributed by atoms with E-state index in [9.17, 15) is 28.4 Å². The van der Waals surface area contributed by atoms with Gasteiger partial charge in [-0.05, 0) is 86.7 Å². The maximum absolute atomic E-state index is 13.3. The summed E-state index contributed by atoms with van der Waals surface area (Å²) in [6.07, 6.45) is 2.98. The number of nitrogens with one attached hydrogen (secondary N) is 3. The Kier molecular flexibility index (Phi) is 9.95. The van der Waals surface area contributed by atoms with Crippen LogP contribution in [-0.2, 0) is 21.4 Å². The second-order valence-electron chi connectivity index (χ2n) is 14.4. The monoisotopic (exact) mass is 823 g/mol. The summed E-state index contributed by atoms with van der Waals surface area (Å²) in [5, 5.41) is 32.3. The molecule has 0 fully saturated rings. The Morgan fingerprint density at radius 1 is 0.966 bits per heavy atom. The smallest absolute Gasteiger partial charge is 0.306 e. The minimum Gasteiger partial charge on any atom is -0.481 e. The molecule has 5 heterocycles. The van der Waals surface area contributed by atoms with Gasteiger partial charge in [0, 0.05) is 45.9 Å². The van der Waals surface area contributed by atoms with Crippen molar-refractivity contribution in [2.24, 2.45) is 4.99 Å². The van der Waals surface area contributed by atoms with Gasteiger partial charge in [0.1, 0.15) is 28.6 Å². The Labute approximate surface area is 343 Å². The molecule has 1 aliphatic rings. The number of H-pyrrole nitrogens is 1. The van der Waals surface area contributed by atoms with E-state index < -0.39 is 22.0 Å². The zero-order valence-electron chi connectivity index (χ0n) is 32.6. The highest BCUT2D eigenvalue weighted by Crippen LogP contribution is 2.40. The number of rotatable bonds is 10. The van der Waals surface area contributed by atoms with Gasteiger partial charge in [-0.3, -0.25) is 28.9 Å². The average Bonchev–Trinajstić information content (AvgIpc) is 3.89. The summed E-state index contributed by atoms with van der Waals surface area (Å²) < 4.78 is 31.1. The standard InChI is InChI=1S/C43H37N9O5S2/c1-22-6-15-33(40-37(22)30(18-44)20-46-40)51-59(56,57)31-13-7-27(8-14-31)19-47-42(55)35-16-23(2)32(21-45-35)28-9-11-29(12-10-28)39-38-24(3)25(4)58-43(38)52-26(5)49-50-41(52)34(48-39)17-36(53)54/h6-16,20-21,34,46,51H,17,19H2,1-5H3,(H,47,55)(H,53,54)/t34-/m0/s1. The molecule has 0 spiro atoms. The number of fused-ring (bicyclic) bond motifs is 4. The number of carboxylic acid groups (broad SMARTS) is 1.